The highest BCUT2D eigenvalue weighted by molar-refractivity contribution is 7.98. The van der Waals surface area contributed by atoms with Gasteiger partial charge in [-0.05, 0) is 37.1 Å². The van der Waals surface area contributed by atoms with Gasteiger partial charge in [-0.25, -0.2) is 0 Å². The minimum atomic E-state index is -0.160. The lowest BCUT2D eigenvalue weighted by molar-refractivity contribution is 0.162. The van der Waals surface area contributed by atoms with E-state index in [2.05, 4.69) is 57.3 Å². The van der Waals surface area contributed by atoms with E-state index in [1.54, 1.807) is 0 Å². The van der Waals surface area contributed by atoms with Crippen molar-refractivity contribution in [2.24, 2.45) is 0 Å². The molecule has 0 saturated carbocycles. The van der Waals surface area contributed by atoms with E-state index in [0.717, 1.165) is 17.9 Å². The van der Waals surface area contributed by atoms with Gasteiger partial charge in [0, 0.05) is 17.3 Å². The molecule has 0 fully saturated rings. The van der Waals surface area contributed by atoms with Crippen LogP contribution in [-0.4, -0.2) is 29.0 Å². The molecule has 0 spiro atoms. The molecule has 0 radical (unpaired) electrons. The number of nitrogens with one attached hydrogen (secondary N) is 1. The molecule has 1 atom stereocenters. The maximum atomic E-state index is 9.52. The standard InChI is InChI=1S/C16H27NOS/c1-13(2)17-16(4,12-18)9-10-19-11-15-8-6-5-7-14(15)3/h5-8,13,17-18H,9-12H2,1-4H3. The van der Waals surface area contributed by atoms with Crippen molar-refractivity contribution in [3.8, 4) is 0 Å². The van der Waals surface area contributed by atoms with Crippen LogP contribution in [-0.2, 0) is 5.75 Å². The minimum Gasteiger partial charge on any atom is -0.394 e. The van der Waals surface area contributed by atoms with E-state index in [9.17, 15) is 5.11 Å². The fourth-order valence-electron chi connectivity index (χ4n) is 2.15. The van der Waals surface area contributed by atoms with Crippen LogP contribution in [0.5, 0.6) is 0 Å². The van der Waals surface area contributed by atoms with E-state index in [1.165, 1.54) is 11.1 Å². The van der Waals surface area contributed by atoms with Gasteiger partial charge in [-0.2, -0.15) is 11.8 Å². The highest BCUT2D eigenvalue weighted by Gasteiger charge is 2.23. The first-order valence-corrected chi connectivity index (χ1v) is 8.13. The second-order valence-electron chi connectivity index (χ2n) is 5.75. The van der Waals surface area contributed by atoms with Crippen molar-refractivity contribution in [2.75, 3.05) is 12.4 Å². The zero-order valence-electron chi connectivity index (χ0n) is 12.6. The van der Waals surface area contributed by atoms with Crippen molar-refractivity contribution in [3.05, 3.63) is 35.4 Å². The summed E-state index contributed by atoms with van der Waals surface area (Å²) in [6.45, 7) is 8.69. The third-order valence-electron chi connectivity index (χ3n) is 3.30. The number of hydrogen-bond acceptors (Lipinski definition) is 3. The fourth-order valence-corrected chi connectivity index (χ4v) is 3.43. The molecular formula is C16H27NOS. The van der Waals surface area contributed by atoms with Gasteiger partial charge in [-0.15, -0.1) is 0 Å². The van der Waals surface area contributed by atoms with Crippen LogP contribution in [0.4, 0.5) is 0 Å². The van der Waals surface area contributed by atoms with Gasteiger partial charge in [0.15, 0.2) is 0 Å². The van der Waals surface area contributed by atoms with E-state index in [4.69, 9.17) is 0 Å². The molecule has 0 aliphatic heterocycles. The highest BCUT2D eigenvalue weighted by atomic mass is 32.2. The summed E-state index contributed by atoms with van der Waals surface area (Å²) in [4.78, 5) is 0. The first-order chi connectivity index (χ1) is 8.97. The molecule has 2 nitrogen and oxygen atoms in total. The Morgan fingerprint density at radius 1 is 1.32 bits per heavy atom. The summed E-state index contributed by atoms with van der Waals surface area (Å²) < 4.78 is 0. The second-order valence-corrected chi connectivity index (χ2v) is 6.85. The Morgan fingerprint density at radius 3 is 2.58 bits per heavy atom. The largest absolute Gasteiger partial charge is 0.394 e. The monoisotopic (exact) mass is 281 g/mol. The number of thioether (sulfide) groups is 1. The Kier molecular flexibility index (Phi) is 6.90. The van der Waals surface area contributed by atoms with E-state index in [-0.39, 0.29) is 12.1 Å². The molecule has 1 rings (SSSR count). The topological polar surface area (TPSA) is 32.3 Å². The van der Waals surface area contributed by atoms with Crippen molar-refractivity contribution in [2.45, 2.75) is 51.4 Å². The van der Waals surface area contributed by atoms with Crippen molar-refractivity contribution < 1.29 is 5.11 Å². The lowest BCUT2D eigenvalue weighted by atomic mass is 9.99. The fraction of sp³-hybridized carbons (Fsp3) is 0.625. The number of aliphatic hydroxyl groups excluding tert-OH is 1. The van der Waals surface area contributed by atoms with Crippen molar-refractivity contribution in [3.63, 3.8) is 0 Å². The summed E-state index contributed by atoms with van der Waals surface area (Å²) >= 11 is 1.94. The van der Waals surface area contributed by atoms with Crippen molar-refractivity contribution >= 4 is 11.8 Å². The van der Waals surface area contributed by atoms with Crippen LogP contribution >= 0.6 is 11.8 Å². The molecule has 0 bridgehead atoms. The second kappa shape index (κ2) is 7.93. The van der Waals surface area contributed by atoms with Crippen LogP contribution in [0.3, 0.4) is 0 Å². The van der Waals surface area contributed by atoms with Gasteiger partial charge in [-0.1, -0.05) is 38.1 Å². The number of hydrogen-bond donors (Lipinski definition) is 2. The van der Waals surface area contributed by atoms with Gasteiger partial charge >= 0.3 is 0 Å². The summed E-state index contributed by atoms with van der Waals surface area (Å²) in [6, 6.07) is 8.94. The molecule has 0 amide bonds. The molecule has 19 heavy (non-hydrogen) atoms. The zero-order chi connectivity index (χ0) is 14.3. The van der Waals surface area contributed by atoms with Crippen LogP contribution in [0.1, 0.15) is 38.3 Å². The molecule has 1 unspecified atom stereocenters. The van der Waals surface area contributed by atoms with Gasteiger partial charge in [-0.3, -0.25) is 0 Å². The quantitative estimate of drug-likeness (QED) is 0.717. The normalized spacial score (nSPS) is 14.6. The Morgan fingerprint density at radius 2 is 2.00 bits per heavy atom. The molecule has 0 saturated heterocycles. The van der Waals surface area contributed by atoms with Crippen LogP contribution in [0, 0.1) is 6.92 Å². The van der Waals surface area contributed by atoms with Crippen molar-refractivity contribution in [1.29, 1.82) is 0 Å². The molecule has 3 heteroatoms. The molecule has 108 valence electrons. The van der Waals surface area contributed by atoms with Crippen LogP contribution < -0.4 is 5.32 Å². The minimum absolute atomic E-state index is 0.160. The lowest BCUT2D eigenvalue weighted by Crippen LogP contribution is -2.49. The highest BCUT2D eigenvalue weighted by Crippen LogP contribution is 2.20. The molecule has 0 heterocycles. The summed E-state index contributed by atoms with van der Waals surface area (Å²) in [7, 11) is 0. The average molecular weight is 281 g/mol. The van der Waals surface area contributed by atoms with Crippen molar-refractivity contribution in [1.82, 2.24) is 5.32 Å². The van der Waals surface area contributed by atoms with Crippen LogP contribution in [0.25, 0.3) is 0 Å². The van der Waals surface area contributed by atoms with Crippen LogP contribution in [0.15, 0.2) is 24.3 Å². The Labute approximate surface area is 122 Å². The van der Waals surface area contributed by atoms with Gasteiger partial charge in [0.1, 0.15) is 0 Å². The molecule has 0 aliphatic rings. The molecule has 2 N–H and O–H groups in total. The molecule has 0 aromatic heterocycles. The molecule has 0 aliphatic carbocycles. The number of rotatable bonds is 8. The summed E-state index contributed by atoms with van der Waals surface area (Å²) in [5, 5.41) is 13.0. The van der Waals surface area contributed by atoms with Gasteiger partial charge < -0.3 is 10.4 Å². The summed E-state index contributed by atoms with van der Waals surface area (Å²) in [6.07, 6.45) is 0.984. The van der Waals surface area contributed by atoms with E-state index in [0.29, 0.717) is 6.04 Å². The smallest absolute Gasteiger partial charge is 0.0610 e. The molecular weight excluding hydrogens is 254 g/mol. The van der Waals surface area contributed by atoms with Crippen LogP contribution in [0.2, 0.25) is 0 Å². The number of benzene rings is 1. The summed E-state index contributed by atoms with van der Waals surface area (Å²) in [5.41, 5.74) is 2.61. The van der Waals surface area contributed by atoms with Gasteiger partial charge in [0.25, 0.3) is 0 Å². The predicted octanol–water partition coefficient (Wildman–Crippen LogP) is 3.37. The first-order valence-electron chi connectivity index (χ1n) is 6.97. The zero-order valence-corrected chi connectivity index (χ0v) is 13.4. The molecule has 1 aromatic rings. The predicted molar refractivity (Wildman–Crippen MR) is 85.7 cm³/mol. The average Bonchev–Trinajstić information content (AvgIpc) is 2.36. The maximum Gasteiger partial charge on any atom is 0.0610 e. The SMILES string of the molecule is Cc1ccccc1CSCCC(C)(CO)NC(C)C. The van der Waals surface area contributed by atoms with Gasteiger partial charge in [0.2, 0.25) is 0 Å². The Balaban J connectivity index is 2.35. The Hall–Kier alpha value is -0.510. The maximum absolute atomic E-state index is 9.52. The Bertz CT molecular complexity index is 381. The third kappa shape index (κ3) is 5.98. The van der Waals surface area contributed by atoms with E-state index < -0.39 is 0 Å². The van der Waals surface area contributed by atoms with Gasteiger partial charge in [0.05, 0.1) is 6.61 Å². The van der Waals surface area contributed by atoms with E-state index in [1.807, 2.05) is 11.8 Å². The molecule has 1 aromatic carbocycles. The third-order valence-corrected chi connectivity index (χ3v) is 4.31. The number of aliphatic hydroxyl groups is 1. The summed E-state index contributed by atoms with van der Waals surface area (Å²) in [5.74, 6) is 2.11. The first kappa shape index (κ1) is 16.5. The van der Waals surface area contributed by atoms with E-state index >= 15 is 0 Å². The lowest BCUT2D eigenvalue weighted by Gasteiger charge is -2.31. The number of aryl methyl sites for hydroxylation is 1.